The van der Waals surface area contributed by atoms with Crippen LogP contribution in [-0.2, 0) is 22.6 Å². The second-order valence-electron chi connectivity index (χ2n) is 16.2. The normalized spacial score (nSPS) is 19.4. The van der Waals surface area contributed by atoms with Gasteiger partial charge in [0, 0.05) is 18.0 Å². The average molecular weight is 773 g/mol. The lowest BCUT2D eigenvalue weighted by atomic mass is 9.89. The molecular formula is C50H64N2O5. The lowest BCUT2D eigenvalue weighted by Gasteiger charge is -2.43. The number of rotatable bonds is 22. The Balaban J connectivity index is 1.20. The molecule has 0 bridgehead atoms. The molecule has 2 heterocycles. The molecule has 4 aromatic carbocycles. The van der Waals surface area contributed by atoms with Crippen LogP contribution in [-0.4, -0.2) is 52.5 Å². The lowest BCUT2D eigenvalue weighted by molar-refractivity contribution is -0.276. The number of nitrogens with zero attached hydrogens (tertiary/aromatic N) is 2. The van der Waals surface area contributed by atoms with Crippen molar-refractivity contribution in [2.24, 2.45) is 5.92 Å². The summed E-state index contributed by atoms with van der Waals surface area (Å²) in [6, 6.07) is 31.5. The van der Waals surface area contributed by atoms with Crippen LogP contribution in [0.5, 0.6) is 0 Å². The highest BCUT2D eigenvalue weighted by Gasteiger charge is 2.39. The van der Waals surface area contributed by atoms with Crippen molar-refractivity contribution in [2.75, 3.05) is 19.6 Å². The Kier molecular flexibility index (Phi) is 16.1. The van der Waals surface area contributed by atoms with Gasteiger partial charge in [-0.15, -0.1) is 0 Å². The molecule has 0 aromatic heterocycles. The first-order valence-corrected chi connectivity index (χ1v) is 21.8. The quantitative estimate of drug-likeness (QED) is 0.0633. The summed E-state index contributed by atoms with van der Waals surface area (Å²) in [4.78, 5) is 30.4. The zero-order valence-corrected chi connectivity index (χ0v) is 34.5. The van der Waals surface area contributed by atoms with Crippen LogP contribution >= 0.6 is 0 Å². The van der Waals surface area contributed by atoms with Gasteiger partial charge in [-0.25, -0.2) is 0 Å². The van der Waals surface area contributed by atoms with Crippen LogP contribution in [0.2, 0.25) is 0 Å². The molecule has 2 aliphatic heterocycles. The highest BCUT2D eigenvalue weighted by molar-refractivity contribution is 6.21. The van der Waals surface area contributed by atoms with Crippen molar-refractivity contribution in [1.29, 1.82) is 0 Å². The van der Waals surface area contributed by atoms with Gasteiger partial charge < -0.3 is 19.5 Å². The maximum absolute atomic E-state index is 13.2. The molecule has 1 N–H and O–H groups in total. The third kappa shape index (κ3) is 11.1. The van der Waals surface area contributed by atoms with E-state index in [2.05, 4.69) is 62.1 Å². The fourth-order valence-electron chi connectivity index (χ4n) is 8.42. The summed E-state index contributed by atoms with van der Waals surface area (Å²) in [6.07, 6.45) is 14.6. The van der Waals surface area contributed by atoms with E-state index in [1.807, 2.05) is 36.4 Å². The number of benzene rings is 4. The number of ether oxygens (including phenoxy) is 2. The van der Waals surface area contributed by atoms with Crippen molar-refractivity contribution in [3.63, 3.8) is 0 Å². The zero-order chi connectivity index (χ0) is 40.0. The van der Waals surface area contributed by atoms with Crippen molar-refractivity contribution in [3.8, 4) is 11.1 Å². The largest absolute Gasteiger partial charge is 0.392 e. The second kappa shape index (κ2) is 21.6. The summed E-state index contributed by atoms with van der Waals surface area (Å²) in [7, 11) is 0. The van der Waals surface area contributed by atoms with E-state index in [9.17, 15) is 14.7 Å². The molecule has 4 atom stereocenters. The minimum absolute atomic E-state index is 0.00927. The number of fused-ring (bicyclic) bond motifs is 1. The summed E-state index contributed by atoms with van der Waals surface area (Å²) < 4.78 is 13.8. The molecule has 0 spiro atoms. The molecule has 304 valence electrons. The van der Waals surface area contributed by atoms with Crippen molar-refractivity contribution >= 4 is 11.8 Å². The topological polar surface area (TPSA) is 79.3 Å². The van der Waals surface area contributed by atoms with Gasteiger partial charge in [0.1, 0.15) is 0 Å². The summed E-state index contributed by atoms with van der Waals surface area (Å²) in [5.41, 5.74) is 6.71. The number of carbonyl (C=O) groups is 2. The lowest BCUT2D eigenvalue weighted by Crippen LogP contribution is -2.45. The monoisotopic (exact) mass is 772 g/mol. The Morgan fingerprint density at radius 3 is 1.72 bits per heavy atom. The maximum Gasteiger partial charge on any atom is 0.261 e. The molecule has 2 aliphatic rings. The molecule has 0 aliphatic carbocycles. The van der Waals surface area contributed by atoms with E-state index in [0.717, 1.165) is 53.0 Å². The van der Waals surface area contributed by atoms with Gasteiger partial charge in [-0.2, -0.15) is 0 Å². The first-order chi connectivity index (χ1) is 27.9. The fourth-order valence-corrected chi connectivity index (χ4v) is 8.42. The van der Waals surface area contributed by atoms with Crippen molar-refractivity contribution in [2.45, 2.75) is 129 Å². The number of aliphatic hydroxyl groups excluding tert-OH is 1. The Morgan fingerprint density at radius 2 is 1.14 bits per heavy atom. The van der Waals surface area contributed by atoms with E-state index in [-0.39, 0.29) is 43.1 Å². The maximum atomic E-state index is 13.2. The number of amides is 2. The number of imide groups is 1. The first kappa shape index (κ1) is 42.5. The standard InChI is InChI=1S/C50H64N2O5/c1-4-6-8-10-12-18-32-51(33-19-13-11-9-7-5-2)35-46-37(3)47(40-26-24-38(36-53)25-27-40)57-50(56-46)41-30-28-39(29-31-41)43-21-15-14-20-42(43)34-52-48(54)44-22-16-17-23-45(44)49(52)55/h14-17,20-31,37,46-47,50,53H,4-13,18-19,32-36H2,1-3H3/t37-,46+,47+,50+/m1/s1. The molecule has 1 fully saturated rings. The van der Waals surface area contributed by atoms with Crippen molar-refractivity contribution < 1.29 is 24.2 Å². The molecule has 7 nitrogen and oxygen atoms in total. The zero-order valence-electron chi connectivity index (χ0n) is 34.5. The van der Waals surface area contributed by atoms with Crippen LogP contribution in [0.4, 0.5) is 0 Å². The third-order valence-corrected chi connectivity index (χ3v) is 11.9. The summed E-state index contributed by atoms with van der Waals surface area (Å²) in [5.74, 6) is -0.394. The predicted molar refractivity (Wildman–Crippen MR) is 229 cm³/mol. The Morgan fingerprint density at radius 1 is 0.614 bits per heavy atom. The Bertz CT molecular complexity index is 1810. The van der Waals surface area contributed by atoms with E-state index < -0.39 is 6.29 Å². The first-order valence-electron chi connectivity index (χ1n) is 21.8. The minimum atomic E-state index is -0.554. The number of carbonyl (C=O) groups excluding carboxylic acids is 2. The van der Waals surface area contributed by atoms with Gasteiger partial charge >= 0.3 is 0 Å². The Hall–Kier alpha value is -4.14. The van der Waals surface area contributed by atoms with Gasteiger partial charge in [-0.1, -0.05) is 170 Å². The minimum Gasteiger partial charge on any atom is -0.392 e. The van der Waals surface area contributed by atoms with E-state index >= 15 is 0 Å². The van der Waals surface area contributed by atoms with Gasteiger partial charge in [-0.3, -0.25) is 14.5 Å². The molecule has 7 heteroatoms. The van der Waals surface area contributed by atoms with Crippen LogP contribution in [0.15, 0.2) is 97.1 Å². The van der Waals surface area contributed by atoms with Gasteiger partial charge in [0.2, 0.25) is 0 Å². The van der Waals surface area contributed by atoms with Crippen LogP contribution in [0.1, 0.15) is 153 Å². The van der Waals surface area contributed by atoms with Crippen LogP contribution in [0.25, 0.3) is 11.1 Å². The van der Waals surface area contributed by atoms with E-state index in [0.29, 0.717) is 11.1 Å². The van der Waals surface area contributed by atoms with E-state index in [1.165, 1.54) is 81.9 Å². The van der Waals surface area contributed by atoms with Crippen molar-refractivity contribution in [1.82, 2.24) is 9.80 Å². The molecule has 1 saturated heterocycles. The molecule has 0 unspecified atom stereocenters. The second-order valence-corrected chi connectivity index (χ2v) is 16.2. The van der Waals surface area contributed by atoms with E-state index in [1.54, 1.807) is 24.3 Å². The third-order valence-electron chi connectivity index (χ3n) is 11.9. The van der Waals surface area contributed by atoms with Crippen LogP contribution < -0.4 is 0 Å². The number of hydrogen-bond acceptors (Lipinski definition) is 6. The van der Waals surface area contributed by atoms with Gasteiger partial charge in [0.25, 0.3) is 11.8 Å². The van der Waals surface area contributed by atoms with Crippen LogP contribution in [0.3, 0.4) is 0 Å². The number of unbranched alkanes of at least 4 members (excludes halogenated alkanes) is 10. The molecule has 6 rings (SSSR count). The van der Waals surface area contributed by atoms with Gasteiger partial charge in [-0.05, 0) is 65.9 Å². The average Bonchev–Trinajstić information content (AvgIpc) is 3.48. The summed E-state index contributed by atoms with van der Waals surface area (Å²) >= 11 is 0. The van der Waals surface area contributed by atoms with Crippen molar-refractivity contribution in [3.05, 3.63) is 130 Å². The number of aliphatic hydroxyl groups is 1. The molecule has 0 radical (unpaired) electrons. The molecule has 0 saturated carbocycles. The molecular weight excluding hydrogens is 709 g/mol. The number of hydrogen-bond donors (Lipinski definition) is 1. The van der Waals surface area contributed by atoms with Gasteiger partial charge in [0.05, 0.1) is 36.5 Å². The highest BCUT2D eigenvalue weighted by Crippen LogP contribution is 2.42. The SMILES string of the molecule is CCCCCCCCN(CCCCCCCC)C[C@@H]1O[C@H](c2ccc(-c3ccccc3CN3C(=O)c4ccccc4C3=O)cc2)O[C@H](c2ccc(CO)cc2)[C@@H]1C. The summed E-state index contributed by atoms with van der Waals surface area (Å²) in [6.45, 7) is 10.0. The fraction of sp³-hybridized carbons (Fsp3) is 0.480. The molecule has 57 heavy (non-hydrogen) atoms. The molecule has 4 aromatic rings. The Labute approximate surface area is 341 Å². The van der Waals surface area contributed by atoms with Gasteiger partial charge in [0.15, 0.2) is 6.29 Å². The molecule has 2 amide bonds. The summed E-state index contributed by atoms with van der Waals surface area (Å²) in [5, 5.41) is 9.75. The highest BCUT2D eigenvalue weighted by atomic mass is 16.7. The smallest absolute Gasteiger partial charge is 0.261 e. The predicted octanol–water partition coefficient (Wildman–Crippen LogP) is 11.5. The van der Waals surface area contributed by atoms with E-state index in [4.69, 9.17) is 9.47 Å². The van der Waals surface area contributed by atoms with Crippen LogP contribution in [0, 0.1) is 5.92 Å².